The number of likely N-dealkylation sites (tertiary alicyclic amines) is 1. The van der Waals surface area contributed by atoms with Crippen molar-refractivity contribution >= 4 is 5.78 Å². The number of ketones is 1. The molecule has 0 amide bonds. The van der Waals surface area contributed by atoms with Crippen LogP contribution in [0, 0.1) is 0 Å². The van der Waals surface area contributed by atoms with Crippen LogP contribution in [0.4, 0.5) is 0 Å². The Morgan fingerprint density at radius 1 is 0.821 bits per heavy atom. The topological polar surface area (TPSA) is 29.5 Å². The fourth-order valence-electron chi connectivity index (χ4n) is 4.20. The first-order valence-corrected chi connectivity index (χ1v) is 9.75. The Kier molecular flexibility index (Phi) is 5.54. The molecule has 1 saturated heterocycles. The van der Waals surface area contributed by atoms with E-state index in [0.29, 0.717) is 18.6 Å². The third-order valence-electron chi connectivity index (χ3n) is 5.53. The third kappa shape index (κ3) is 3.85. The minimum absolute atomic E-state index is 0.0113. The van der Waals surface area contributed by atoms with Crippen molar-refractivity contribution in [3.8, 4) is 5.75 Å². The van der Waals surface area contributed by atoms with Gasteiger partial charge in [-0.2, -0.15) is 0 Å². The lowest BCUT2D eigenvalue weighted by Crippen LogP contribution is -2.39. The van der Waals surface area contributed by atoms with Gasteiger partial charge in [-0.25, -0.2) is 0 Å². The smallest absolute Gasteiger partial charge is 0.136 e. The zero-order chi connectivity index (χ0) is 19.3. The van der Waals surface area contributed by atoms with E-state index in [0.717, 1.165) is 17.9 Å². The van der Waals surface area contributed by atoms with Gasteiger partial charge >= 0.3 is 0 Å². The van der Waals surface area contributed by atoms with E-state index in [1.54, 1.807) is 7.11 Å². The van der Waals surface area contributed by atoms with Gasteiger partial charge in [-0.15, -0.1) is 0 Å². The van der Waals surface area contributed by atoms with Gasteiger partial charge in [-0.1, -0.05) is 78.9 Å². The number of hydrogen-bond donors (Lipinski definition) is 0. The molecule has 3 aromatic carbocycles. The molecular weight excluding hydrogens is 346 g/mol. The average Bonchev–Trinajstić information content (AvgIpc) is 2.76. The first-order valence-electron chi connectivity index (χ1n) is 9.75. The molecular formula is C25H25NO2. The summed E-state index contributed by atoms with van der Waals surface area (Å²) in [5.74, 6) is 1.14. The third-order valence-corrected chi connectivity index (χ3v) is 5.53. The maximum Gasteiger partial charge on any atom is 0.136 e. The molecule has 1 aliphatic heterocycles. The van der Waals surface area contributed by atoms with Crippen LogP contribution in [0.2, 0.25) is 0 Å². The van der Waals surface area contributed by atoms with Crippen LogP contribution in [0.3, 0.4) is 0 Å². The van der Waals surface area contributed by atoms with Gasteiger partial charge < -0.3 is 4.74 Å². The zero-order valence-electron chi connectivity index (χ0n) is 16.1. The fourth-order valence-corrected chi connectivity index (χ4v) is 4.20. The van der Waals surface area contributed by atoms with Gasteiger partial charge in [0.1, 0.15) is 11.5 Å². The highest BCUT2D eigenvalue weighted by atomic mass is 16.5. The highest BCUT2D eigenvalue weighted by molar-refractivity contribution is 5.81. The van der Waals surface area contributed by atoms with E-state index in [2.05, 4.69) is 47.4 Å². The van der Waals surface area contributed by atoms with Gasteiger partial charge in [0.05, 0.1) is 7.11 Å². The Bertz CT molecular complexity index is 924. The lowest BCUT2D eigenvalue weighted by Gasteiger charge is -2.42. The molecule has 0 spiro atoms. The summed E-state index contributed by atoms with van der Waals surface area (Å²) in [6.07, 6.45) is 1.05. The van der Waals surface area contributed by atoms with Crippen LogP contribution in [0.5, 0.6) is 5.75 Å². The van der Waals surface area contributed by atoms with Crippen LogP contribution in [0.1, 0.15) is 41.6 Å². The maximum absolute atomic E-state index is 12.8. The number of rotatable bonds is 5. The predicted molar refractivity (Wildman–Crippen MR) is 111 cm³/mol. The van der Waals surface area contributed by atoms with E-state index in [9.17, 15) is 4.79 Å². The highest BCUT2D eigenvalue weighted by Crippen LogP contribution is 2.43. The van der Waals surface area contributed by atoms with Crippen LogP contribution >= 0.6 is 0 Å². The molecule has 3 nitrogen and oxygen atoms in total. The number of hydrogen-bond acceptors (Lipinski definition) is 3. The number of benzene rings is 3. The Morgan fingerprint density at radius 3 is 2.14 bits per heavy atom. The van der Waals surface area contributed by atoms with Crippen molar-refractivity contribution in [3.63, 3.8) is 0 Å². The molecule has 0 N–H and O–H groups in total. The van der Waals surface area contributed by atoms with E-state index in [1.807, 2.05) is 42.5 Å². The Hall–Kier alpha value is -2.91. The quantitative estimate of drug-likeness (QED) is 0.606. The van der Waals surface area contributed by atoms with Crippen LogP contribution in [-0.2, 0) is 11.3 Å². The molecule has 3 heteroatoms. The molecule has 0 aromatic heterocycles. The monoisotopic (exact) mass is 371 g/mol. The number of carbonyl (C=O) groups excluding carboxylic acids is 1. The summed E-state index contributed by atoms with van der Waals surface area (Å²) < 4.78 is 5.64. The van der Waals surface area contributed by atoms with Crippen molar-refractivity contribution in [2.24, 2.45) is 0 Å². The Labute approximate surface area is 166 Å². The number of carbonyl (C=O) groups is 1. The molecule has 2 atom stereocenters. The molecule has 1 aliphatic rings. The minimum Gasteiger partial charge on any atom is -0.496 e. The second-order valence-electron chi connectivity index (χ2n) is 7.29. The molecule has 0 bridgehead atoms. The Morgan fingerprint density at radius 2 is 1.43 bits per heavy atom. The number of piperidine rings is 1. The molecule has 4 rings (SSSR count). The van der Waals surface area contributed by atoms with Crippen LogP contribution in [0.25, 0.3) is 0 Å². The number of methoxy groups -OCH3 is 1. The number of nitrogens with zero attached hydrogens (tertiary/aromatic N) is 1. The molecule has 0 radical (unpaired) electrons. The second-order valence-corrected chi connectivity index (χ2v) is 7.29. The molecule has 28 heavy (non-hydrogen) atoms. The summed E-state index contributed by atoms with van der Waals surface area (Å²) in [5, 5.41) is 0. The first-order chi connectivity index (χ1) is 13.8. The Balaban J connectivity index is 1.78. The summed E-state index contributed by atoms with van der Waals surface area (Å²) in [4.78, 5) is 15.2. The second kappa shape index (κ2) is 8.41. The fraction of sp³-hybridized carbons (Fsp3) is 0.240. The molecule has 1 fully saturated rings. The molecule has 3 aromatic rings. The predicted octanol–water partition coefficient (Wildman–Crippen LogP) is 5.34. The zero-order valence-corrected chi connectivity index (χ0v) is 16.1. The standard InChI is InChI=1S/C25H25NO2/c1-28-25-15-9-8-14-22(25)24-17-21(27)16-23(20-12-6-3-7-13-20)26(24)18-19-10-4-2-5-11-19/h2-15,23-24H,16-18H2,1H3/t23-,24-/m1/s1. The van der Waals surface area contributed by atoms with Gasteiger partial charge in [0.2, 0.25) is 0 Å². The van der Waals surface area contributed by atoms with Gasteiger partial charge in [0.25, 0.3) is 0 Å². The van der Waals surface area contributed by atoms with E-state index >= 15 is 0 Å². The molecule has 0 aliphatic carbocycles. The van der Waals surface area contributed by atoms with Gasteiger partial charge in [-0.3, -0.25) is 9.69 Å². The largest absolute Gasteiger partial charge is 0.496 e. The number of para-hydroxylation sites is 1. The van der Waals surface area contributed by atoms with Gasteiger partial charge in [0.15, 0.2) is 0 Å². The van der Waals surface area contributed by atoms with Crippen molar-refractivity contribution in [3.05, 3.63) is 102 Å². The maximum atomic E-state index is 12.8. The van der Waals surface area contributed by atoms with Crippen molar-refractivity contribution in [2.75, 3.05) is 7.11 Å². The molecule has 0 saturated carbocycles. The van der Waals surface area contributed by atoms with Gasteiger partial charge in [-0.05, 0) is 17.2 Å². The lowest BCUT2D eigenvalue weighted by atomic mass is 9.86. The number of Topliss-reactive ketones (excluding diaryl/α,β-unsaturated/α-hetero) is 1. The van der Waals surface area contributed by atoms with Crippen molar-refractivity contribution in [1.82, 2.24) is 4.90 Å². The summed E-state index contributed by atoms with van der Waals surface area (Å²) in [6.45, 7) is 0.788. The highest BCUT2D eigenvalue weighted by Gasteiger charge is 2.37. The molecule has 1 heterocycles. The van der Waals surface area contributed by atoms with Crippen LogP contribution < -0.4 is 4.74 Å². The summed E-state index contributed by atoms with van der Waals surface area (Å²) in [7, 11) is 1.69. The molecule has 142 valence electrons. The summed E-state index contributed by atoms with van der Waals surface area (Å²) in [6, 6.07) is 29.0. The molecule has 0 unspecified atom stereocenters. The van der Waals surface area contributed by atoms with E-state index in [-0.39, 0.29) is 12.1 Å². The van der Waals surface area contributed by atoms with Crippen LogP contribution in [0.15, 0.2) is 84.9 Å². The van der Waals surface area contributed by atoms with Crippen molar-refractivity contribution in [1.29, 1.82) is 0 Å². The minimum atomic E-state index is -0.0113. The van der Waals surface area contributed by atoms with E-state index in [1.165, 1.54) is 11.1 Å². The number of ether oxygens (including phenoxy) is 1. The average molecular weight is 371 g/mol. The first kappa shape index (κ1) is 18.5. The van der Waals surface area contributed by atoms with Gasteiger partial charge in [0, 0.05) is 37.0 Å². The lowest BCUT2D eigenvalue weighted by molar-refractivity contribution is -0.126. The van der Waals surface area contributed by atoms with Crippen molar-refractivity contribution in [2.45, 2.75) is 31.5 Å². The van der Waals surface area contributed by atoms with Crippen molar-refractivity contribution < 1.29 is 9.53 Å². The normalized spacial score (nSPS) is 20.1. The van der Waals surface area contributed by atoms with E-state index < -0.39 is 0 Å². The summed E-state index contributed by atoms with van der Waals surface area (Å²) >= 11 is 0. The summed E-state index contributed by atoms with van der Waals surface area (Å²) in [5.41, 5.74) is 3.51. The van der Waals surface area contributed by atoms with E-state index in [4.69, 9.17) is 4.74 Å². The van der Waals surface area contributed by atoms with Crippen LogP contribution in [-0.4, -0.2) is 17.8 Å². The SMILES string of the molecule is COc1ccccc1[C@H]1CC(=O)C[C@H](c2ccccc2)N1Cc1ccccc1.